The highest BCUT2D eigenvalue weighted by molar-refractivity contribution is 9.10. The largest absolute Gasteiger partial charge is 0.303 e. The molecule has 0 aromatic heterocycles. The lowest BCUT2D eigenvalue weighted by molar-refractivity contribution is 0.0962. The van der Waals surface area contributed by atoms with E-state index in [1.807, 2.05) is 24.3 Å². The first-order valence-corrected chi connectivity index (χ1v) is 7.33. The SMILES string of the molecule is CCN(CCC(=O)c1ccc(Br)cc1)CC(C)C. The van der Waals surface area contributed by atoms with Crippen LogP contribution < -0.4 is 0 Å². The summed E-state index contributed by atoms with van der Waals surface area (Å²) in [5.74, 6) is 0.873. The van der Waals surface area contributed by atoms with Gasteiger partial charge in [-0.05, 0) is 24.6 Å². The molecule has 3 heteroatoms. The van der Waals surface area contributed by atoms with Crippen LogP contribution in [0, 0.1) is 5.92 Å². The second-order valence-corrected chi connectivity index (χ2v) is 5.88. The molecule has 1 aromatic rings. The smallest absolute Gasteiger partial charge is 0.164 e. The van der Waals surface area contributed by atoms with Crippen molar-refractivity contribution in [3.05, 3.63) is 34.3 Å². The number of halogens is 1. The van der Waals surface area contributed by atoms with Crippen molar-refractivity contribution in [2.75, 3.05) is 19.6 Å². The van der Waals surface area contributed by atoms with Crippen LogP contribution in [0.25, 0.3) is 0 Å². The number of Topliss-reactive ketones (excluding diaryl/α,β-unsaturated/α-hetero) is 1. The molecule has 0 saturated carbocycles. The number of carbonyl (C=O) groups is 1. The molecule has 0 spiro atoms. The molecule has 0 amide bonds. The highest BCUT2D eigenvalue weighted by atomic mass is 79.9. The second-order valence-electron chi connectivity index (χ2n) is 4.97. The molecule has 0 heterocycles. The van der Waals surface area contributed by atoms with Gasteiger partial charge in [-0.3, -0.25) is 4.79 Å². The maximum atomic E-state index is 12.0. The summed E-state index contributed by atoms with van der Waals surface area (Å²) in [6.07, 6.45) is 0.599. The molecule has 0 fully saturated rings. The first-order valence-electron chi connectivity index (χ1n) is 6.54. The minimum absolute atomic E-state index is 0.227. The van der Waals surface area contributed by atoms with Crippen LogP contribution in [0.5, 0.6) is 0 Å². The maximum Gasteiger partial charge on any atom is 0.164 e. The van der Waals surface area contributed by atoms with Crippen molar-refractivity contribution in [2.45, 2.75) is 27.2 Å². The molecular formula is C15H22BrNO. The molecule has 0 radical (unpaired) electrons. The fraction of sp³-hybridized carbons (Fsp3) is 0.533. The molecular weight excluding hydrogens is 290 g/mol. The van der Waals surface area contributed by atoms with E-state index in [4.69, 9.17) is 0 Å². The van der Waals surface area contributed by atoms with Gasteiger partial charge in [0.1, 0.15) is 0 Å². The molecule has 0 aliphatic carbocycles. The zero-order chi connectivity index (χ0) is 13.5. The van der Waals surface area contributed by atoms with Gasteiger partial charge in [0.15, 0.2) is 5.78 Å². The highest BCUT2D eigenvalue weighted by Gasteiger charge is 2.10. The van der Waals surface area contributed by atoms with Gasteiger partial charge in [-0.1, -0.05) is 48.8 Å². The molecule has 0 bridgehead atoms. The number of nitrogens with zero attached hydrogens (tertiary/aromatic N) is 1. The Hall–Kier alpha value is -0.670. The van der Waals surface area contributed by atoms with Gasteiger partial charge in [-0.25, -0.2) is 0 Å². The molecule has 1 aromatic carbocycles. The Morgan fingerprint density at radius 1 is 1.28 bits per heavy atom. The lowest BCUT2D eigenvalue weighted by Gasteiger charge is -2.21. The van der Waals surface area contributed by atoms with Crippen LogP contribution in [-0.2, 0) is 0 Å². The van der Waals surface area contributed by atoms with E-state index in [0.717, 1.165) is 29.7 Å². The van der Waals surface area contributed by atoms with Crippen molar-refractivity contribution >= 4 is 21.7 Å². The lowest BCUT2D eigenvalue weighted by atomic mass is 10.1. The van der Waals surface area contributed by atoms with Gasteiger partial charge in [0, 0.05) is 29.5 Å². The van der Waals surface area contributed by atoms with Crippen molar-refractivity contribution in [1.82, 2.24) is 4.90 Å². The average Bonchev–Trinajstić information content (AvgIpc) is 2.34. The van der Waals surface area contributed by atoms with Crippen molar-refractivity contribution in [3.63, 3.8) is 0 Å². The van der Waals surface area contributed by atoms with Crippen LogP contribution in [0.2, 0.25) is 0 Å². The zero-order valence-electron chi connectivity index (χ0n) is 11.4. The van der Waals surface area contributed by atoms with Gasteiger partial charge in [-0.2, -0.15) is 0 Å². The summed E-state index contributed by atoms with van der Waals surface area (Å²) in [5, 5.41) is 0. The van der Waals surface area contributed by atoms with E-state index in [-0.39, 0.29) is 5.78 Å². The summed E-state index contributed by atoms with van der Waals surface area (Å²) in [4.78, 5) is 14.4. The Kier molecular flexibility index (Phi) is 6.58. The average molecular weight is 312 g/mol. The normalized spacial score (nSPS) is 11.2. The van der Waals surface area contributed by atoms with Crippen molar-refractivity contribution < 1.29 is 4.79 Å². The quantitative estimate of drug-likeness (QED) is 0.709. The first kappa shape index (κ1) is 15.4. The summed E-state index contributed by atoms with van der Waals surface area (Å²) in [7, 11) is 0. The fourth-order valence-corrected chi connectivity index (χ4v) is 2.20. The van der Waals surface area contributed by atoms with E-state index in [1.165, 1.54) is 0 Å². The fourth-order valence-electron chi connectivity index (χ4n) is 1.93. The monoisotopic (exact) mass is 311 g/mol. The number of ketones is 1. The third kappa shape index (κ3) is 5.32. The molecule has 18 heavy (non-hydrogen) atoms. The minimum atomic E-state index is 0.227. The molecule has 0 atom stereocenters. The predicted octanol–water partition coefficient (Wildman–Crippen LogP) is 4.00. The van der Waals surface area contributed by atoms with E-state index in [1.54, 1.807) is 0 Å². The third-order valence-electron chi connectivity index (χ3n) is 2.89. The first-order chi connectivity index (χ1) is 8.52. The molecule has 0 unspecified atom stereocenters. The second kappa shape index (κ2) is 7.70. The lowest BCUT2D eigenvalue weighted by Crippen LogP contribution is -2.29. The molecule has 0 aliphatic heterocycles. The number of hydrogen-bond acceptors (Lipinski definition) is 2. The summed E-state index contributed by atoms with van der Waals surface area (Å²) < 4.78 is 1.01. The molecule has 2 nitrogen and oxygen atoms in total. The maximum absolute atomic E-state index is 12.0. The van der Waals surface area contributed by atoms with Crippen LogP contribution >= 0.6 is 15.9 Å². The summed E-state index contributed by atoms with van der Waals surface area (Å²) >= 11 is 3.38. The van der Waals surface area contributed by atoms with Crippen molar-refractivity contribution in [3.8, 4) is 0 Å². The van der Waals surface area contributed by atoms with Crippen LogP contribution in [0.15, 0.2) is 28.7 Å². The van der Waals surface area contributed by atoms with E-state index < -0.39 is 0 Å². The summed E-state index contributed by atoms with van der Waals surface area (Å²) in [5.41, 5.74) is 0.804. The topological polar surface area (TPSA) is 20.3 Å². The Morgan fingerprint density at radius 3 is 2.39 bits per heavy atom. The van der Waals surface area contributed by atoms with Crippen LogP contribution in [0.3, 0.4) is 0 Å². The highest BCUT2D eigenvalue weighted by Crippen LogP contribution is 2.12. The van der Waals surface area contributed by atoms with Crippen LogP contribution in [0.4, 0.5) is 0 Å². The predicted molar refractivity (Wildman–Crippen MR) is 80.0 cm³/mol. The van der Waals surface area contributed by atoms with E-state index >= 15 is 0 Å². The third-order valence-corrected chi connectivity index (χ3v) is 3.42. The Bertz CT molecular complexity index is 373. The Morgan fingerprint density at radius 2 is 1.89 bits per heavy atom. The van der Waals surface area contributed by atoms with Gasteiger partial charge in [0.2, 0.25) is 0 Å². The molecule has 0 N–H and O–H groups in total. The van der Waals surface area contributed by atoms with Gasteiger partial charge in [0.25, 0.3) is 0 Å². The van der Waals surface area contributed by atoms with Gasteiger partial charge in [-0.15, -0.1) is 0 Å². The zero-order valence-corrected chi connectivity index (χ0v) is 13.0. The molecule has 0 saturated heterocycles. The molecule has 100 valence electrons. The van der Waals surface area contributed by atoms with E-state index in [0.29, 0.717) is 12.3 Å². The Labute approximate surface area is 119 Å². The number of rotatable bonds is 7. The minimum Gasteiger partial charge on any atom is -0.303 e. The summed E-state index contributed by atoms with van der Waals surface area (Å²) in [6.45, 7) is 9.48. The molecule has 1 rings (SSSR count). The standard InChI is InChI=1S/C15H22BrNO/c1-4-17(11-12(2)3)10-9-15(18)13-5-7-14(16)8-6-13/h5-8,12H,4,9-11H2,1-3H3. The number of carbonyl (C=O) groups excluding carboxylic acids is 1. The van der Waals surface area contributed by atoms with Crippen LogP contribution in [-0.4, -0.2) is 30.3 Å². The van der Waals surface area contributed by atoms with Gasteiger partial charge >= 0.3 is 0 Å². The van der Waals surface area contributed by atoms with E-state index in [2.05, 4.69) is 41.6 Å². The number of hydrogen-bond donors (Lipinski definition) is 0. The van der Waals surface area contributed by atoms with Gasteiger partial charge < -0.3 is 4.90 Å². The summed E-state index contributed by atoms with van der Waals surface area (Å²) in [6, 6.07) is 7.59. The van der Waals surface area contributed by atoms with Crippen molar-refractivity contribution in [2.24, 2.45) is 5.92 Å². The van der Waals surface area contributed by atoms with Crippen molar-refractivity contribution in [1.29, 1.82) is 0 Å². The van der Waals surface area contributed by atoms with E-state index in [9.17, 15) is 4.79 Å². The number of benzene rings is 1. The molecule has 0 aliphatic rings. The van der Waals surface area contributed by atoms with Gasteiger partial charge in [0.05, 0.1) is 0 Å². The Balaban J connectivity index is 2.47. The van der Waals surface area contributed by atoms with Crippen LogP contribution in [0.1, 0.15) is 37.6 Å².